The van der Waals surface area contributed by atoms with Gasteiger partial charge in [0.05, 0.1) is 5.69 Å². The molecule has 5 nitrogen and oxygen atoms in total. The van der Waals surface area contributed by atoms with Crippen LogP contribution in [0, 0.1) is 0 Å². The highest BCUT2D eigenvalue weighted by Gasteiger charge is 2.14. The zero-order valence-electron chi connectivity index (χ0n) is 11.9. The standard InChI is InChI=1S/C16H16N2O3/c1-3-11-5-4-6-12(7-11)13-8-14(18-10(2)19)15(16(20)21)17-9-13/h4-9H,3H2,1-2H3,(H,18,19)(H,20,21). The predicted octanol–water partition coefficient (Wildman–Crippen LogP) is 2.97. The van der Waals surface area contributed by atoms with Crippen molar-refractivity contribution >= 4 is 17.6 Å². The number of aromatic nitrogens is 1. The van der Waals surface area contributed by atoms with Crippen molar-refractivity contribution in [3.05, 3.63) is 47.8 Å². The monoisotopic (exact) mass is 284 g/mol. The molecule has 21 heavy (non-hydrogen) atoms. The van der Waals surface area contributed by atoms with Crippen LogP contribution in [-0.4, -0.2) is 22.0 Å². The highest BCUT2D eigenvalue weighted by atomic mass is 16.4. The third-order valence-electron chi connectivity index (χ3n) is 3.07. The summed E-state index contributed by atoms with van der Waals surface area (Å²) in [4.78, 5) is 26.3. The third kappa shape index (κ3) is 3.45. The Morgan fingerprint density at radius 3 is 2.62 bits per heavy atom. The molecule has 0 spiro atoms. The van der Waals surface area contributed by atoms with Gasteiger partial charge in [-0.15, -0.1) is 0 Å². The average Bonchev–Trinajstić information content (AvgIpc) is 2.46. The lowest BCUT2D eigenvalue weighted by Gasteiger charge is -2.09. The van der Waals surface area contributed by atoms with E-state index in [0.29, 0.717) is 0 Å². The van der Waals surface area contributed by atoms with Crippen LogP contribution in [0.5, 0.6) is 0 Å². The van der Waals surface area contributed by atoms with E-state index < -0.39 is 5.97 Å². The van der Waals surface area contributed by atoms with Gasteiger partial charge in [-0.25, -0.2) is 9.78 Å². The molecule has 2 aromatic rings. The van der Waals surface area contributed by atoms with Gasteiger partial charge in [0.1, 0.15) is 0 Å². The summed E-state index contributed by atoms with van der Waals surface area (Å²) in [5.41, 5.74) is 2.91. The number of carbonyl (C=O) groups excluding carboxylic acids is 1. The van der Waals surface area contributed by atoms with Crippen LogP contribution in [0.15, 0.2) is 36.5 Å². The van der Waals surface area contributed by atoms with Gasteiger partial charge in [0, 0.05) is 18.7 Å². The van der Waals surface area contributed by atoms with Gasteiger partial charge in [-0.3, -0.25) is 4.79 Å². The molecule has 1 amide bonds. The molecular weight excluding hydrogens is 268 g/mol. The van der Waals surface area contributed by atoms with Crippen molar-refractivity contribution in [2.75, 3.05) is 5.32 Å². The van der Waals surface area contributed by atoms with Crippen molar-refractivity contribution in [1.29, 1.82) is 0 Å². The molecule has 0 radical (unpaired) electrons. The lowest BCUT2D eigenvalue weighted by Crippen LogP contribution is -2.12. The maximum Gasteiger partial charge on any atom is 0.356 e. The summed E-state index contributed by atoms with van der Waals surface area (Å²) in [6.07, 6.45) is 2.41. The SMILES string of the molecule is CCc1cccc(-c2cnc(C(=O)O)c(NC(C)=O)c2)c1. The topological polar surface area (TPSA) is 79.3 Å². The number of aryl methyl sites for hydroxylation is 1. The minimum atomic E-state index is -1.17. The van der Waals surface area contributed by atoms with E-state index in [9.17, 15) is 9.59 Å². The van der Waals surface area contributed by atoms with E-state index in [1.54, 1.807) is 6.07 Å². The van der Waals surface area contributed by atoms with Gasteiger partial charge in [0.15, 0.2) is 5.69 Å². The molecule has 1 heterocycles. The highest BCUT2D eigenvalue weighted by molar-refractivity contribution is 5.99. The number of benzene rings is 1. The van der Waals surface area contributed by atoms with Gasteiger partial charge >= 0.3 is 5.97 Å². The number of nitrogens with one attached hydrogen (secondary N) is 1. The van der Waals surface area contributed by atoms with Crippen molar-refractivity contribution in [1.82, 2.24) is 4.98 Å². The molecule has 2 rings (SSSR count). The summed E-state index contributed by atoms with van der Waals surface area (Å²) < 4.78 is 0. The van der Waals surface area contributed by atoms with Gasteiger partial charge in [-0.1, -0.05) is 31.2 Å². The second-order valence-corrected chi connectivity index (χ2v) is 4.66. The second-order valence-electron chi connectivity index (χ2n) is 4.66. The summed E-state index contributed by atoms with van der Waals surface area (Å²) in [5, 5.41) is 11.6. The van der Waals surface area contributed by atoms with Crippen molar-refractivity contribution < 1.29 is 14.7 Å². The molecule has 0 aliphatic heterocycles. The van der Waals surface area contributed by atoms with Gasteiger partial charge in [0.25, 0.3) is 0 Å². The molecular formula is C16H16N2O3. The largest absolute Gasteiger partial charge is 0.476 e. The summed E-state index contributed by atoms with van der Waals surface area (Å²) in [6, 6.07) is 9.55. The number of aromatic carboxylic acids is 1. The van der Waals surface area contributed by atoms with E-state index in [0.717, 1.165) is 17.5 Å². The first-order valence-electron chi connectivity index (χ1n) is 6.61. The first kappa shape index (κ1) is 14.7. The third-order valence-corrected chi connectivity index (χ3v) is 3.07. The van der Waals surface area contributed by atoms with Crippen molar-refractivity contribution in [3.63, 3.8) is 0 Å². The molecule has 0 unspecified atom stereocenters. The van der Waals surface area contributed by atoms with Crippen LogP contribution in [0.25, 0.3) is 11.1 Å². The molecule has 108 valence electrons. The Hall–Kier alpha value is -2.69. The maximum atomic E-state index is 11.2. The molecule has 0 fully saturated rings. The molecule has 5 heteroatoms. The number of hydrogen-bond acceptors (Lipinski definition) is 3. The Morgan fingerprint density at radius 1 is 1.24 bits per heavy atom. The van der Waals surface area contributed by atoms with Crippen LogP contribution in [0.2, 0.25) is 0 Å². The average molecular weight is 284 g/mol. The van der Waals surface area contributed by atoms with E-state index >= 15 is 0 Å². The van der Waals surface area contributed by atoms with Crippen LogP contribution in [-0.2, 0) is 11.2 Å². The van der Waals surface area contributed by atoms with E-state index in [1.807, 2.05) is 24.3 Å². The number of pyridine rings is 1. The Morgan fingerprint density at radius 2 is 2.00 bits per heavy atom. The van der Waals surface area contributed by atoms with Crippen molar-refractivity contribution in [2.45, 2.75) is 20.3 Å². The lowest BCUT2D eigenvalue weighted by molar-refractivity contribution is -0.114. The molecule has 1 aromatic heterocycles. The number of hydrogen-bond donors (Lipinski definition) is 2. The first-order chi connectivity index (χ1) is 10.0. The molecule has 1 aromatic carbocycles. The minimum Gasteiger partial charge on any atom is -0.476 e. The number of rotatable bonds is 4. The number of carboxylic acids is 1. The maximum absolute atomic E-state index is 11.2. The number of carbonyl (C=O) groups is 2. The smallest absolute Gasteiger partial charge is 0.356 e. The van der Waals surface area contributed by atoms with Gasteiger partial charge < -0.3 is 10.4 Å². The van der Waals surface area contributed by atoms with Gasteiger partial charge in [0.2, 0.25) is 5.91 Å². The zero-order chi connectivity index (χ0) is 15.4. The molecule has 0 saturated heterocycles. The molecule has 0 saturated carbocycles. The Balaban J connectivity index is 2.49. The molecule has 2 N–H and O–H groups in total. The van der Waals surface area contributed by atoms with Crippen LogP contribution in [0.3, 0.4) is 0 Å². The first-order valence-corrected chi connectivity index (χ1v) is 6.61. The van der Waals surface area contributed by atoms with E-state index in [4.69, 9.17) is 5.11 Å². The summed E-state index contributed by atoms with van der Waals surface area (Å²) in [7, 11) is 0. The highest BCUT2D eigenvalue weighted by Crippen LogP contribution is 2.25. The summed E-state index contributed by atoms with van der Waals surface area (Å²) in [6.45, 7) is 3.39. The Kier molecular flexibility index (Phi) is 4.33. The molecule has 0 atom stereocenters. The van der Waals surface area contributed by atoms with Crippen LogP contribution in [0.4, 0.5) is 5.69 Å². The fourth-order valence-electron chi connectivity index (χ4n) is 2.05. The fraction of sp³-hybridized carbons (Fsp3) is 0.188. The number of amides is 1. The Bertz CT molecular complexity index is 696. The minimum absolute atomic E-state index is 0.166. The number of nitrogens with zero attached hydrogens (tertiary/aromatic N) is 1. The van der Waals surface area contributed by atoms with Crippen molar-refractivity contribution in [2.24, 2.45) is 0 Å². The lowest BCUT2D eigenvalue weighted by atomic mass is 10.0. The zero-order valence-corrected chi connectivity index (χ0v) is 11.9. The number of carboxylic acid groups (broad SMARTS) is 1. The van der Waals surface area contributed by atoms with Crippen molar-refractivity contribution in [3.8, 4) is 11.1 Å². The van der Waals surface area contributed by atoms with E-state index in [-0.39, 0.29) is 17.3 Å². The molecule has 0 aliphatic rings. The second kappa shape index (κ2) is 6.17. The van der Waals surface area contributed by atoms with E-state index in [1.165, 1.54) is 18.7 Å². The summed E-state index contributed by atoms with van der Waals surface area (Å²) >= 11 is 0. The normalized spacial score (nSPS) is 10.2. The van der Waals surface area contributed by atoms with Gasteiger partial charge in [-0.05, 0) is 23.6 Å². The summed E-state index contributed by atoms with van der Waals surface area (Å²) in [5.74, 6) is -1.51. The van der Waals surface area contributed by atoms with Gasteiger partial charge in [-0.2, -0.15) is 0 Å². The quantitative estimate of drug-likeness (QED) is 0.904. The fourth-order valence-corrected chi connectivity index (χ4v) is 2.05. The molecule has 0 aliphatic carbocycles. The Labute approximate surface area is 122 Å². The predicted molar refractivity (Wildman–Crippen MR) is 80.3 cm³/mol. The van der Waals surface area contributed by atoms with Crippen LogP contribution >= 0.6 is 0 Å². The van der Waals surface area contributed by atoms with Crippen LogP contribution in [0.1, 0.15) is 29.9 Å². The van der Waals surface area contributed by atoms with E-state index in [2.05, 4.69) is 17.2 Å². The molecule has 0 bridgehead atoms. The van der Waals surface area contributed by atoms with Crippen LogP contribution < -0.4 is 5.32 Å². The number of anilines is 1.